The van der Waals surface area contributed by atoms with Crippen LogP contribution in [0, 0.1) is 6.92 Å². The summed E-state index contributed by atoms with van der Waals surface area (Å²) in [5.74, 6) is 0.438. The van der Waals surface area contributed by atoms with Gasteiger partial charge in [-0.15, -0.1) is 0 Å². The van der Waals surface area contributed by atoms with Crippen LogP contribution in [0.2, 0.25) is 10.0 Å². The monoisotopic (exact) mass is 417 g/mol. The normalized spacial score (nSPS) is 10.7. The molecule has 2 aromatic carbocycles. The highest BCUT2D eigenvalue weighted by Gasteiger charge is 2.09. The van der Waals surface area contributed by atoms with E-state index in [1.54, 1.807) is 30.3 Å². The number of rotatable bonds is 7. The van der Waals surface area contributed by atoms with Crippen LogP contribution in [0.25, 0.3) is 0 Å². The quantitative estimate of drug-likeness (QED) is 0.586. The summed E-state index contributed by atoms with van der Waals surface area (Å²) in [6.45, 7) is 5.57. The molecule has 0 saturated heterocycles. The second kappa shape index (κ2) is 9.13. The number of carbonyl (C=O) groups excluding carboxylic acids is 1. The first kappa shape index (κ1) is 20.2. The summed E-state index contributed by atoms with van der Waals surface area (Å²) in [5.41, 5.74) is 3.46. The Labute approximate surface area is 174 Å². The molecule has 0 fully saturated rings. The Kier molecular flexibility index (Phi) is 6.60. The second-order valence-electron chi connectivity index (χ2n) is 6.34. The lowest BCUT2D eigenvalue weighted by Gasteiger charge is -2.09. The average Bonchev–Trinajstić information content (AvgIpc) is 3.05. The number of ether oxygens (including phenoxy) is 1. The van der Waals surface area contributed by atoms with Crippen molar-refractivity contribution in [2.24, 2.45) is 0 Å². The largest absolute Gasteiger partial charge is 0.487 e. The first-order valence-corrected chi connectivity index (χ1v) is 9.69. The van der Waals surface area contributed by atoms with Crippen LogP contribution in [0.4, 0.5) is 0 Å². The molecule has 0 aliphatic carbocycles. The third-order valence-electron chi connectivity index (χ3n) is 4.32. The number of halogens is 2. The number of aromatic nitrogens is 2. The lowest BCUT2D eigenvalue weighted by Crippen LogP contribution is -2.22. The number of benzene rings is 2. The summed E-state index contributed by atoms with van der Waals surface area (Å²) in [6.07, 6.45) is 1.96. The molecule has 0 unspecified atom stereocenters. The standard InChI is InChI=1S/C21H21Cl2N3O2/c1-3-26-12-17(14(2)25-26)11-24-21(27)16-6-4-15(5-7-16)13-28-20-9-8-18(22)10-19(20)23/h4-10,12H,3,11,13H2,1-2H3,(H,24,27). The molecular weight excluding hydrogens is 397 g/mol. The van der Waals surface area contributed by atoms with Crippen molar-refractivity contribution < 1.29 is 9.53 Å². The maximum Gasteiger partial charge on any atom is 0.251 e. The minimum Gasteiger partial charge on any atom is -0.487 e. The van der Waals surface area contributed by atoms with E-state index in [1.165, 1.54) is 0 Å². The molecule has 0 radical (unpaired) electrons. The molecule has 0 atom stereocenters. The fourth-order valence-electron chi connectivity index (χ4n) is 2.68. The Bertz CT molecular complexity index is 968. The van der Waals surface area contributed by atoms with E-state index in [1.807, 2.05) is 36.9 Å². The van der Waals surface area contributed by atoms with Gasteiger partial charge in [-0.1, -0.05) is 35.3 Å². The smallest absolute Gasteiger partial charge is 0.251 e. The van der Waals surface area contributed by atoms with Crippen molar-refractivity contribution in [2.45, 2.75) is 33.5 Å². The van der Waals surface area contributed by atoms with Gasteiger partial charge in [-0.3, -0.25) is 9.48 Å². The van der Waals surface area contributed by atoms with Gasteiger partial charge in [-0.05, 0) is 49.7 Å². The zero-order chi connectivity index (χ0) is 20.1. The molecule has 0 saturated carbocycles. The molecule has 0 bridgehead atoms. The maximum absolute atomic E-state index is 12.4. The highest BCUT2D eigenvalue weighted by Crippen LogP contribution is 2.28. The van der Waals surface area contributed by atoms with Crippen molar-refractivity contribution in [3.05, 3.63) is 81.1 Å². The summed E-state index contributed by atoms with van der Waals surface area (Å²) in [4.78, 5) is 12.4. The van der Waals surface area contributed by atoms with E-state index < -0.39 is 0 Å². The maximum atomic E-state index is 12.4. The molecule has 3 rings (SSSR count). The SMILES string of the molecule is CCn1cc(CNC(=O)c2ccc(COc3ccc(Cl)cc3Cl)cc2)c(C)n1. The molecule has 5 nitrogen and oxygen atoms in total. The van der Waals surface area contributed by atoms with Crippen LogP contribution >= 0.6 is 23.2 Å². The number of nitrogens with zero attached hydrogens (tertiary/aromatic N) is 2. The first-order valence-electron chi connectivity index (χ1n) is 8.94. The van der Waals surface area contributed by atoms with Crippen molar-refractivity contribution in [3.8, 4) is 5.75 Å². The summed E-state index contributed by atoms with van der Waals surface area (Å²) in [6, 6.07) is 12.4. The van der Waals surface area contributed by atoms with Crippen LogP contribution in [0.5, 0.6) is 5.75 Å². The topological polar surface area (TPSA) is 56.2 Å². The number of carbonyl (C=O) groups is 1. The second-order valence-corrected chi connectivity index (χ2v) is 7.18. The van der Waals surface area contributed by atoms with E-state index in [4.69, 9.17) is 27.9 Å². The van der Waals surface area contributed by atoms with E-state index in [0.29, 0.717) is 34.5 Å². The minimum atomic E-state index is -0.128. The number of hydrogen-bond acceptors (Lipinski definition) is 3. The third kappa shape index (κ3) is 5.06. The molecule has 1 N–H and O–H groups in total. The minimum absolute atomic E-state index is 0.128. The predicted molar refractivity (Wildman–Crippen MR) is 111 cm³/mol. The van der Waals surface area contributed by atoms with Crippen molar-refractivity contribution in [2.75, 3.05) is 0 Å². The van der Waals surface area contributed by atoms with Gasteiger partial charge in [0, 0.05) is 35.4 Å². The molecule has 28 heavy (non-hydrogen) atoms. The number of hydrogen-bond donors (Lipinski definition) is 1. The summed E-state index contributed by atoms with van der Waals surface area (Å²) < 4.78 is 7.57. The number of aryl methyl sites for hydroxylation is 2. The van der Waals surface area contributed by atoms with Crippen LogP contribution in [-0.2, 0) is 19.7 Å². The van der Waals surface area contributed by atoms with Gasteiger partial charge in [0.25, 0.3) is 5.91 Å². The van der Waals surface area contributed by atoms with Crippen LogP contribution in [0.1, 0.15) is 34.1 Å². The van der Waals surface area contributed by atoms with Gasteiger partial charge in [0.15, 0.2) is 0 Å². The van der Waals surface area contributed by atoms with Gasteiger partial charge < -0.3 is 10.1 Å². The van der Waals surface area contributed by atoms with E-state index >= 15 is 0 Å². The molecule has 146 valence electrons. The summed E-state index contributed by atoms with van der Waals surface area (Å²) in [7, 11) is 0. The van der Waals surface area contributed by atoms with E-state index in [9.17, 15) is 4.79 Å². The molecule has 1 heterocycles. The van der Waals surface area contributed by atoms with Crippen molar-refractivity contribution in [3.63, 3.8) is 0 Å². The van der Waals surface area contributed by atoms with E-state index in [2.05, 4.69) is 10.4 Å². The molecule has 1 amide bonds. The molecule has 3 aromatic rings. The Hall–Kier alpha value is -2.50. The molecule has 0 aliphatic heterocycles. The number of nitrogens with one attached hydrogen (secondary N) is 1. The molecule has 1 aromatic heterocycles. The summed E-state index contributed by atoms with van der Waals surface area (Å²) >= 11 is 12.0. The highest BCUT2D eigenvalue weighted by molar-refractivity contribution is 6.35. The van der Waals surface area contributed by atoms with Gasteiger partial charge in [-0.25, -0.2) is 0 Å². The highest BCUT2D eigenvalue weighted by atomic mass is 35.5. The van der Waals surface area contributed by atoms with Crippen LogP contribution < -0.4 is 10.1 Å². The summed E-state index contributed by atoms with van der Waals surface area (Å²) in [5, 5.41) is 8.34. The first-order chi connectivity index (χ1) is 13.5. The third-order valence-corrected chi connectivity index (χ3v) is 4.85. The fraction of sp³-hybridized carbons (Fsp3) is 0.238. The Balaban J connectivity index is 1.55. The van der Waals surface area contributed by atoms with Gasteiger partial charge in [0.05, 0.1) is 10.7 Å². The lowest BCUT2D eigenvalue weighted by molar-refractivity contribution is 0.0951. The Morgan fingerprint density at radius 1 is 1.18 bits per heavy atom. The molecule has 7 heteroatoms. The van der Waals surface area contributed by atoms with Gasteiger partial charge >= 0.3 is 0 Å². The van der Waals surface area contributed by atoms with Crippen molar-refractivity contribution >= 4 is 29.1 Å². The Morgan fingerprint density at radius 2 is 1.93 bits per heavy atom. The average molecular weight is 418 g/mol. The van der Waals surface area contributed by atoms with Gasteiger partial charge in [0.2, 0.25) is 0 Å². The lowest BCUT2D eigenvalue weighted by atomic mass is 10.1. The van der Waals surface area contributed by atoms with Crippen LogP contribution in [0.3, 0.4) is 0 Å². The van der Waals surface area contributed by atoms with E-state index in [0.717, 1.165) is 23.4 Å². The molecule has 0 aliphatic rings. The Morgan fingerprint density at radius 3 is 2.57 bits per heavy atom. The van der Waals surface area contributed by atoms with Crippen LogP contribution in [0.15, 0.2) is 48.7 Å². The predicted octanol–water partition coefficient (Wildman–Crippen LogP) is 5.03. The van der Waals surface area contributed by atoms with E-state index in [-0.39, 0.29) is 5.91 Å². The fourth-order valence-corrected chi connectivity index (χ4v) is 3.14. The van der Waals surface area contributed by atoms with Gasteiger partial charge in [0.1, 0.15) is 12.4 Å². The van der Waals surface area contributed by atoms with Gasteiger partial charge in [-0.2, -0.15) is 5.10 Å². The molecular formula is C21H21Cl2N3O2. The van der Waals surface area contributed by atoms with Crippen molar-refractivity contribution in [1.82, 2.24) is 15.1 Å². The van der Waals surface area contributed by atoms with Crippen LogP contribution in [-0.4, -0.2) is 15.7 Å². The zero-order valence-corrected chi connectivity index (χ0v) is 17.2. The van der Waals surface area contributed by atoms with Crippen molar-refractivity contribution in [1.29, 1.82) is 0 Å². The zero-order valence-electron chi connectivity index (χ0n) is 15.7. The number of amides is 1. The molecule has 0 spiro atoms.